The van der Waals surface area contributed by atoms with Gasteiger partial charge in [0.1, 0.15) is 11.6 Å². The Bertz CT molecular complexity index is 1070. The molecular weight excluding hydrogens is 348 g/mol. The number of rotatable bonds is 7. The Morgan fingerprint density at radius 1 is 0.750 bits per heavy atom. The van der Waals surface area contributed by atoms with Crippen molar-refractivity contribution in [2.75, 3.05) is 17.7 Å². The summed E-state index contributed by atoms with van der Waals surface area (Å²) in [5.74, 6) is 2.25. The third-order valence-corrected chi connectivity index (χ3v) is 4.49. The molecule has 0 radical (unpaired) electrons. The van der Waals surface area contributed by atoms with Gasteiger partial charge >= 0.3 is 0 Å². The molecular formula is C23H22N4O. The van der Waals surface area contributed by atoms with Crippen molar-refractivity contribution >= 4 is 22.7 Å². The number of aromatic nitrogens is 2. The second-order valence-electron chi connectivity index (χ2n) is 6.46. The molecule has 0 spiro atoms. The van der Waals surface area contributed by atoms with E-state index in [9.17, 15) is 0 Å². The van der Waals surface area contributed by atoms with E-state index in [4.69, 9.17) is 9.72 Å². The van der Waals surface area contributed by atoms with E-state index >= 15 is 0 Å². The Kier molecular flexibility index (Phi) is 5.33. The molecule has 0 aliphatic rings. The number of methoxy groups -OCH3 is 1. The molecule has 140 valence electrons. The molecule has 0 saturated carbocycles. The van der Waals surface area contributed by atoms with Crippen molar-refractivity contribution in [3.63, 3.8) is 0 Å². The van der Waals surface area contributed by atoms with Gasteiger partial charge in [-0.15, -0.1) is 0 Å². The number of anilines is 2. The van der Waals surface area contributed by atoms with Crippen molar-refractivity contribution in [1.29, 1.82) is 0 Å². The third kappa shape index (κ3) is 4.20. The van der Waals surface area contributed by atoms with Crippen LogP contribution in [0.3, 0.4) is 0 Å². The fourth-order valence-corrected chi connectivity index (χ4v) is 3.04. The Morgan fingerprint density at radius 3 is 2.36 bits per heavy atom. The minimum Gasteiger partial charge on any atom is -0.497 e. The van der Waals surface area contributed by atoms with Crippen LogP contribution in [-0.4, -0.2) is 17.1 Å². The minimum absolute atomic E-state index is 0.595. The average molecular weight is 370 g/mol. The maximum absolute atomic E-state index is 5.29. The van der Waals surface area contributed by atoms with E-state index in [2.05, 4.69) is 27.8 Å². The summed E-state index contributed by atoms with van der Waals surface area (Å²) in [5, 5.41) is 7.78. The smallest absolute Gasteiger partial charge is 0.225 e. The first kappa shape index (κ1) is 17.8. The first-order chi connectivity index (χ1) is 13.8. The van der Waals surface area contributed by atoms with Gasteiger partial charge in [0.15, 0.2) is 0 Å². The monoisotopic (exact) mass is 370 g/mol. The highest BCUT2D eigenvalue weighted by Gasteiger charge is 2.08. The lowest BCUT2D eigenvalue weighted by Crippen LogP contribution is -2.08. The summed E-state index contributed by atoms with van der Waals surface area (Å²) in [6, 6.07) is 26.3. The number of ether oxygens (including phenoxy) is 1. The Morgan fingerprint density at radius 2 is 1.50 bits per heavy atom. The lowest BCUT2D eigenvalue weighted by atomic mass is 10.2. The Hall–Kier alpha value is -3.60. The van der Waals surface area contributed by atoms with Crippen molar-refractivity contribution in [2.45, 2.75) is 13.1 Å². The molecule has 5 nitrogen and oxygen atoms in total. The third-order valence-electron chi connectivity index (χ3n) is 4.49. The highest BCUT2D eigenvalue weighted by molar-refractivity contribution is 5.90. The summed E-state index contributed by atoms with van der Waals surface area (Å²) in [5.41, 5.74) is 3.21. The van der Waals surface area contributed by atoms with Gasteiger partial charge in [-0.05, 0) is 35.4 Å². The highest BCUT2D eigenvalue weighted by atomic mass is 16.5. The molecule has 3 aromatic carbocycles. The second kappa shape index (κ2) is 8.39. The molecule has 0 bridgehead atoms. The number of fused-ring (bicyclic) bond motifs is 1. The van der Waals surface area contributed by atoms with Crippen LogP contribution in [0.5, 0.6) is 5.75 Å². The summed E-state index contributed by atoms with van der Waals surface area (Å²) in [6.07, 6.45) is 0. The predicted molar refractivity (Wildman–Crippen MR) is 114 cm³/mol. The zero-order chi connectivity index (χ0) is 19.2. The Labute approximate surface area is 164 Å². The number of hydrogen-bond donors (Lipinski definition) is 2. The molecule has 4 aromatic rings. The highest BCUT2D eigenvalue weighted by Crippen LogP contribution is 2.23. The van der Waals surface area contributed by atoms with E-state index in [-0.39, 0.29) is 0 Å². The number of nitrogens with zero attached hydrogens (tertiary/aromatic N) is 2. The fourth-order valence-electron chi connectivity index (χ4n) is 3.04. The molecule has 2 N–H and O–H groups in total. The molecule has 0 aliphatic heterocycles. The molecule has 0 atom stereocenters. The van der Waals surface area contributed by atoms with Gasteiger partial charge in [0.2, 0.25) is 5.95 Å². The van der Waals surface area contributed by atoms with E-state index in [0.717, 1.165) is 28.0 Å². The lowest BCUT2D eigenvalue weighted by Gasteiger charge is -2.12. The summed E-state index contributed by atoms with van der Waals surface area (Å²) in [6.45, 7) is 1.32. The van der Waals surface area contributed by atoms with E-state index in [0.29, 0.717) is 19.0 Å². The maximum atomic E-state index is 5.29. The molecule has 0 saturated heterocycles. The molecule has 28 heavy (non-hydrogen) atoms. The normalized spacial score (nSPS) is 10.6. The predicted octanol–water partition coefficient (Wildman–Crippen LogP) is 4.86. The fraction of sp³-hybridized carbons (Fsp3) is 0.130. The van der Waals surface area contributed by atoms with Crippen LogP contribution < -0.4 is 15.4 Å². The van der Waals surface area contributed by atoms with Crippen molar-refractivity contribution in [1.82, 2.24) is 9.97 Å². The second-order valence-corrected chi connectivity index (χ2v) is 6.46. The zero-order valence-corrected chi connectivity index (χ0v) is 15.7. The van der Waals surface area contributed by atoms with Crippen molar-refractivity contribution in [2.24, 2.45) is 0 Å². The zero-order valence-electron chi connectivity index (χ0n) is 15.7. The van der Waals surface area contributed by atoms with E-state index < -0.39 is 0 Å². The SMILES string of the molecule is COc1cccc(CNc2nc(NCc3ccccc3)c3ccccc3n2)c1. The van der Waals surface area contributed by atoms with Gasteiger partial charge < -0.3 is 15.4 Å². The largest absolute Gasteiger partial charge is 0.497 e. The number of hydrogen-bond acceptors (Lipinski definition) is 5. The van der Waals surface area contributed by atoms with Gasteiger partial charge in [0.25, 0.3) is 0 Å². The summed E-state index contributed by atoms with van der Waals surface area (Å²) in [4.78, 5) is 9.36. The quantitative estimate of drug-likeness (QED) is 0.486. The van der Waals surface area contributed by atoms with Gasteiger partial charge in [-0.2, -0.15) is 4.98 Å². The molecule has 0 aliphatic carbocycles. The van der Waals surface area contributed by atoms with Gasteiger partial charge in [0, 0.05) is 18.5 Å². The molecule has 0 fully saturated rings. The van der Waals surface area contributed by atoms with Crippen LogP contribution in [0.4, 0.5) is 11.8 Å². The van der Waals surface area contributed by atoms with Crippen LogP contribution in [0.1, 0.15) is 11.1 Å². The molecule has 1 heterocycles. The van der Waals surface area contributed by atoms with Crippen molar-refractivity contribution < 1.29 is 4.74 Å². The number of nitrogens with one attached hydrogen (secondary N) is 2. The molecule has 5 heteroatoms. The summed E-state index contributed by atoms with van der Waals surface area (Å²) >= 11 is 0. The van der Waals surface area contributed by atoms with Crippen LogP contribution in [0.15, 0.2) is 78.9 Å². The maximum Gasteiger partial charge on any atom is 0.225 e. The van der Waals surface area contributed by atoms with Crippen LogP contribution in [-0.2, 0) is 13.1 Å². The molecule has 1 aromatic heterocycles. The van der Waals surface area contributed by atoms with E-state index in [1.165, 1.54) is 5.56 Å². The van der Waals surface area contributed by atoms with Crippen molar-refractivity contribution in [3.05, 3.63) is 90.0 Å². The molecule has 0 unspecified atom stereocenters. The summed E-state index contributed by atoms with van der Waals surface area (Å²) in [7, 11) is 1.67. The Balaban J connectivity index is 1.56. The number of para-hydroxylation sites is 1. The van der Waals surface area contributed by atoms with Gasteiger partial charge in [0.05, 0.1) is 12.6 Å². The van der Waals surface area contributed by atoms with Crippen LogP contribution in [0.2, 0.25) is 0 Å². The lowest BCUT2D eigenvalue weighted by molar-refractivity contribution is 0.414. The minimum atomic E-state index is 0.595. The topological polar surface area (TPSA) is 59.1 Å². The summed E-state index contributed by atoms with van der Waals surface area (Å²) < 4.78 is 5.29. The van der Waals surface area contributed by atoms with Gasteiger partial charge in [-0.3, -0.25) is 0 Å². The molecule has 4 rings (SSSR count). The van der Waals surface area contributed by atoms with E-state index in [1.807, 2.05) is 66.7 Å². The van der Waals surface area contributed by atoms with Crippen LogP contribution >= 0.6 is 0 Å². The van der Waals surface area contributed by atoms with E-state index in [1.54, 1.807) is 7.11 Å². The first-order valence-corrected chi connectivity index (χ1v) is 9.23. The standard InChI is InChI=1S/C23H22N4O/c1-28-19-11-7-10-18(14-19)16-25-23-26-21-13-6-5-12-20(21)22(27-23)24-15-17-8-3-2-4-9-17/h2-14H,15-16H2,1H3,(H2,24,25,26,27). The first-order valence-electron chi connectivity index (χ1n) is 9.23. The number of benzene rings is 3. The average Bonchev–Trinajstić information content (AvgIpc) is 2.77. The van der Waals surface area contributed by atoms with Gasteiger partial charge in [-0.25, -0.2) is 4.98 Å². The molecule has 0 amide bonds. The van der Waals surface area contributed by atoms with Crippen molar-refractivity contribution in [3.8, 4) is 5.75 Å². The van der Waals surface area contributed by atoms with Crippen LogP contribution in [0, 0.1) is 0 Å². The van der Waals surface area contributed by atoms with Crippen LogP contribution in [0.25, 0.3) is 10.9 Å². The van der Waals surface area contributed by atoms with Gasteiger partial charge in [-0.1, -0.05) is 54.6 Å².